The predicted molar refractivity (Wildman–Crippen MR) is 64.3 cm³/mol. The molecule has 1 aliphatic heterocycles. The van der Waals surface area contributed by atoms with Gasteiger partial charge in [0.15, 0.2) is 6.71 Å². The third-order valence-electron chi connectivity index (χ3n) is 3.44. The van der Waals surface area contributed by atoms with Crippen molar-refractivity contribution >= 4 is 14.0 Å². The van der Waals surface area contributed by atoms with Crippen LogP contribution in [0.5, 0.6) is 0 Å². The molecule has 1 saturated heterocycles. The lowest BCUT2D eigenvalue weighted by Crippen LogP contribution is -2.41. The normalized spacial score (nSPS) is 26.2. The summed E-state index contributed by atoms with van der Waals surface area (Å²) in [6.07, 6.45) is 5.26. The van der Waals surface area contributed by atoms with Crippen LogP contribution < -0.4 is 5.32 Å². The van der Waals surface area contributed by atoms with E-state index in [0.29, 0.717) is 5.31 Å². The molecule has 1 nitrogen and oxygen atoms in total. The molecule has 0 aliphatic carbocycles. The first-order valence-electron chi connectivity index (χ1n) is 5.71. The van der Waals surface area contributed by atoms with E-state index in [9.17, 15) is 0 Å². The molecule has 1 heterocycles. The second-order valence-electron chi connectivity index (χ2n) is 5.74. The van der Waals surface area contributed by atoms with Gasteiger partial charge in [-0.15, -0.1) is 0 Å². The minimum Gasteiger partial charge on any atom is -0.332 e. The lowest BCUT2D eigenvalue weighted by atomic mass is 9.31. The summed E-state index contributed by atoms with van der Waals surface area (Å²) in [5.74, 6) is 0.914. The van der Waals surface area contributed by atoms with Crippen LogP contribution in [0.25, 0.3) is 0 Å². The third-order valence-corrected chi connectivity index (χ3v) is 3.44. The van der Waals surface area contributed by atoms with Crippen molar-refractivity contribution in [3.63, 3.8) is 0 Å². The summed E-state index contributed by atoms with van der Waals surface area (Å²) in [6, 6.07) is 0. The van der Waals surface area contributed by atoms with Gasteiger partial charge in [0.25, 0.3) is 0 Å². The molecule has 1 aliphatic rings. The van der Waals surface area contributed by atoms with E-state index in [-0.39, 0.29) is 0 Å². The molecular weight excluding hydrogens is 156 g/mol. The monoisotopic (exact) mass is 179 g/mol. The zero-order valence-corrected chi connectivity index (χ0v) is 9.69. The van der Waals surface area contributed by atoms with Crippen LogP contribution >= 0.6 is 0 Å². The zero-order chi connectivity index (χ0) is 9.90. The predicted octanol–water partition coefficient (Wildman–Crippen LogP) is 2.02. The van der Waals surface area contributed by atoms with Crippen LogP contribution in [-0.2, 0) is 0 Å². The quantitative estimate of drug-likeness (QED) is 0.560. The Hall–Kier alpha value is 0.0899. The highest BCUT2D eigenvalue weighted by Crippen LogP contribution is 2.31. The molecule has 0 spiro atoms. The molecule has 0 radical (unpaired) electrons. The van der Waals surface area contributed by atoms with Gasteiger partial charge in [-0.1, -0.05) is 51.6 Å². The van der Waals surface area contributed by atoms with Gasteiger partial charge in [-0.25, -0.2) is 0 Å². The van der Waals surface area contributed by atoms with E-state index >= 15 is 0 Å². The standard InChI is InChI=1S/C10H23B2N/c1-9-5-6-12(10(2,3)4)8-13-7-11-9/h9,11,13H,5-8H2,1-4H3. The zero-order valence-electron chi connectivity index (χ0n) is 9.69. The summed E-state index contributed by atoms with van der Waals surface area (Å²) >= 11 is 0. The van der Waals surface area contributed by atoms with Crippen molar-refractivity contribution in [2.45, 2.75) is 51.6 Å². The summed E-state index contributed by atoms with van der Waals surface area (Å²) in [6.45, 7) is 10.3. The fourth-order valence-corrected chi connectivity index (χ4v) is 2.10. The van der Waals surface area contributed by atoms with Crippen molar-refractivity contribution in [3.8, 4) is 0 Å². The van der Waals surface area contributed by atoms with Crippen LogP contribution in [0, 0.1) is 0 Å². The van der Waals surface area contributed by atoms with Crippen LogP contribution in [0.15, 0.2) is 0 Å². The maximum atomic E-state index is 3.57. The molecule has 1 fully saturated rings. The van der Waals surface area contributed by atoms with Gasteiger partial charge in [0.2, 0.25) is 0 Å². The summed E-state index contributed by atoms with van der Waals surface area (Å²) in [7, 11) is 1.36. The molecule has 1 N–H and O–H groups in total. The van der Waals surface area contributed by atoms with E-state index in [2.05, 4.69) is 33.0 Å². The Bertz CT molecular complexity index is 153. The highest BCUT2D eigenvalue weighted by atomic mass is 14.8. The number of hydrogen-bond donors (Lipinski definition) is 1. The van der Waals surface area contributed by atoms with Gasteiger partial charge in [-0.2, -0.15) is 0 Å². The first kappa shape index (κ1) is 11.2. The lowest BCUT2D eigenvalue weighted by Gasteiger charge is -2.30. The molecular formula is C10H23B2N. The van der Waals surface area contributed by atoms with E-state index in [1.54, 1.807) is 0 Å². The summed E-state index contributed by atoms with van der Waals surface area (Å²) in [5.41, 5.74) is 0. The van der Waals surface area contributed by atoms with Gasteiger partial charge in [0.1, 0.15) is 7.28 Å². The SMILES string of the molecule is CC1BCNCB(C(C)(C)C)CC1. The average molecular weight is 179 g/mol. The molecule has 13 heavy (non-hydrogen) atoms. The van der Waals surface area contributed by atoms with Crippen molar-refractivity contribution in [3.05, 3.63) is 0 Å². The molecule has 1 rings (SSSR count). The van der Waals surface area contributed by atoms with Gasteiger partial charge in [0.05, 0.1) is 0 Å². The topological polar surface area (TPSA) is 12.0 Å². The van der Waals surface area contributed by atoms with Crippen LogP contribution in [0.3, 0.4) is 0 Å². The third kappa shape index (κ3) is 3.76. The van der Waals surface area contributed by atoms with Gasteiger partial charge in [-0.05, 0) is 12.9 Å². The maximum Gasteiger partial charge on any atom is 0.161 e. The highest BCUT2D eigenvalue weighted by Gasteiger charge is 2.29. The van der Waals surface area contributed by atoms with Gasteiger partial charge in [-0.3, -0.25) is 0 Å². The molecule has 1 unspecified atom stereocenters. The lowest BCUT2D eigenvalue weighted by molar-refractivity contribution is 0.690. The Labute approximate surface area is 84.4 Å². The second kappa shape index (κ2) is 4.54. The van der Waals surface area contributed by atoms with E-state index < -0.39 is 0 Å². The Morgan fingerprint density at radius 3 is 2.69 bits per heavy atom. The van der Waals surface area contributed by atoms with Crippen molar-refractivity contribution in [2.24, 2.45) is 0 Å². The van der Waals surface area contributed by atoms with Crippen LogP contribution in [-0.4, -0.2) is 26.9 Å². The van der Waals surface area contributed by atoms with E-state index in [1.807, 2.05) is 0 Å². The largest absolute Gasteiger partial charge is 0.332 e. The molecule has 0 bridgehead atoms. The number of nitrogens with one attached hydrogen (secondary N) is 1. The van der Waals surface area contributed by atoms with Crippen molar-refractivity contribution in [1.29, 1.82) is 0 Å². The fourth-order valence-electron chi connectivity index (χ4n) is 2.10. The molecule has 0 aromatic heterocycles. The highest BCUT2D eigenvalue weighted by molar-refractivity contribution is 6.62. The first-order valence-corrected chi connectivity index (χ1v) is 5.71. The summed E-state index contributed by atoms with van der Waals surface area (Å²) in [5, 5.41) is 4.05. The minimum absolute atomic E-state index is 0.476. The van der Waals surface area contributed by atoms with Gasteiger partial charge in [0, 0.05) is 0 Å². The first-order chi connectivity index (χ1) is 6.00. The molecule has 0 aromatic rings. The maximum absolute atomic E-state index is 3.57. The molecule has 1 atom stereocenters. The van der Waals surface area contributed by atoms with Crippen LogP contribution in [0.1, 0.15) is 34.1 Å². The summed E-state index contributed by atoms with van der Waals surface area (Å²) in [4.78, 5) is 0. The van der Waals surface area contributed by atoms with E-state index in [1.165, 1.54) is 32.9 Å². The van der Waals surface area contributed by atoms with Crippen molar-refractivity contribution < 1.29 is 0 Å². The van der Waals surface area contributed by atoms with E-state index in [4.69, 9.17) is 0 Å². The smallest absolute Gasteiger partial charge is 0.161 e. The van der Waals surface area contributed by atoms with E-state index in [0.717, 1.165) is 12.5 Å². The fraction of sp³-hybridized carbons (Fsp3) is 1.00. The number of rotatable bonds is 0. The Morgan fingerprint density at radius 2 is 2.08 bits per heavy atom. The number of hydrogen-bond acceptors (Lipinski definition) is 1. The van der Waals surface area contributed by atoms with Crippen LogP contribution in [0.2, 0.25) is 17.5 Å². The Balaban J connectivity index is 2.46. The van der Waals surface area contributed by atoms with Crippen LogP contribution in [0.4, 0.5) is 0 Å². The molecule has 0 saturated carbocycles. The second-order valence-corrected chi connectivity index (χ2v) is 5.74. The van der Waals surface area contributed by atoms with Crippen molar-refractivity contribution in [1.82, 2.24) is 5.32 Å². The Kier molecular flexibility index (Phi) is 3.90. The van der Waals surface area contributed by atoms with Crippen molar-refractivity contribution in [2.75, 3.05) is 12.9 Å². The Morgan fingerprint density at radius 1 is 1.38 bits per heavy atom. The summed E-state index contributed by atoms with van der Waals surface area (Å²) < 4.78 is 0. The molecule has 0 aromatic carbocycles. The minimum atomic E-state index is 0.476. The molecule has 3 heteroatoms. The average Bonchev–Trinajstić information content (AvgIpc) is 1.94. The molecule has 74 valence electrons. The van der Waals surface area contributed by atoms with Gasteiger partial charge >= 0.3 is 0 Å². The molecule has 0 amide bonds. The van der Waals surface area contributed by atoms with Gasteiger partial charge < -0.3 is 5.32 Å².